The van der Waals surface area contributed by atoms with E-state index >= 15 is 0 Å². The van der Waals surface area contributed by atoms with Gasteiger partial charge in [0.1, 0.15) is 6.61 Å². The van der Waals surface area contributed by atoms with Crippen molar-refractivity contribution in [2.45, 2.75) is 0 Å². The van der Waals surface area contributed by atoms with Crippen molar-refractivity contribution in [3.63, 3.8) is 0 Å². The molecule has 0 aromatic carbocycles. The van der Waals surface area contributed by atoms with Crippen molar-refractivity contribution in [2.75, 3.05) is 20.3 Å². The Hall–Kier alpha value is -1.89. The Kier molecular flexibility index (Phi) is 3.81. The first-order valence-electron chi connectivity index (χ1n) is 4.09. The van der Waals surface area contributed by atoms with E-state index in [2.05, 4.69) is 14.3 Å². The minimum atomic E-state index is -1.05. The van der Waals surface area contributed by atoms with E-state index in [0.717, 1.165) is 12.1 Å². The Labute approximate surface area is 85.4 Å². The summed E-state index contributed by atoms with van der Waals surface area (Å²) < 4.78 is 9.71. The van der Waals surface area contributed by atoms with E-state index in [0.29, 0.717) is 4.73 Å². The Bertz CT molecular complexity index is 314. The van der Waals surface area contributed by atoms with Crippen LogP contribution in [0.3, 0.4) is 0 Å². The number of rotatable bonds is 4. The van der Waals surface area contributed by atoms with Gasteiger partial charge in [-0.3, -0.25) is 4.84 Å². The number of hydrogen-bond acceptors (Lipinski definition) is 6. The molecule has 0 aliphatic carbocycles. The Morgan fingerprint density at radius 2 is 1.93 bits per heavy atom. The number of carbonyl (C=O) groups is 1. The molecule has 0 fully saturated rings. The van der Waals surface area contributed by atoms with Gasteiger partial charge >= 0.3 is 6.16 Å². The molecular formula is C8H11NO6. The predicted octanol–water partition coefficient (Wildman–Crippen LogP) is 0.111. The number of hydrogen-bond donors (Lipinski definition) is 2. The third-order valence-corrected chi connectivity index (χ3v) is 1.47. The molecule has 1 rings (SSSR count). The molecular weight excluding hydrogens is 206 g/mol. The van der Waals surface area contributed by atoms with Gasteiger partial charge < -0.3 is 19.7 Å². The summed E-state index contributed by atoms with van der Waals surface area (Å²) in [5, 5.41) is 18.2. The maximum absolute atomic E-state index is 10.9. The van der Waals surface area contributed by atoms with Crippen LogP contribution in [-0.4, -0.2) is 41.4 Å². The molecule has 0 radical (unpaired) electrons. The fourth-order valence-electron chi connectivity index (χ4n) is 0.805. The summed E-state index contributed by atoms with van der Waals surface area (Å²) in [7, 11) is 1.46. The molecule has 1 aromatic heterocycles. The molecule has 0 atom stereocenters. The summed E-state index contributed by atoms with van der Waals surface area (Å²) in [5.41, 5.74) is 0. The van der Waals surface area contributed by atoms with E-state index in [4.69, 9.17) is 10.2 Å². The van der Waals surface area contributed by atoms with Gasteiger partial charge in [-0.05, 0) is 0 Å². The summed E-state index contributed by atoms with van der Waals surface area (Å²) in [6.45, 7) is 0.261. The molecule has 2 N–H and O–H groups in total. The van der Waals surface area contributed by atoms with Crippen LogP contribution >= 0.6 is 0 Å². The number of aromatic hydroxyl groups is 2. The molecule has 0 amide bonds. The highest BCUT2D eigenvalue weighted by Crippen LogP contribution is 2.18. The van der Waals surface area contributed by atoms with E-state index in [1.54, 1.807) is 0 Å². The normalized spacial score (nSPS) is 9.93. The fraction of sp³-hybridized carbons (Fsp3) is 0.375. The van der Waals surface area contributed by atoms with Crippen LogP contribution in [0.15, 0.2) is 12.1 Å². The Morgan fingerprint density at radius 1 is 1.33 bits per heavy atom. The first-order chi connectivity index (χ1) is 7.15. The molecule has 0 unspecified atom stereocenters. The van der Waals surface area contributed by atoms with Gasteiger partial charge in [0.05, 0.1) is 6.61 Å². The maximum atomic E-state index is 10.9. The Balaban J connectivity index is 2.44. The lowest BCUT2D eigenvalue weighted by molar-refractivity contribution is 0.0218. The number of aromatic nitrogens is 1. The van der Waals surface area contributed by atoms with Crippen LogP contribution in [-0.2, 0) is 9.47 Å². The van der Waals surface area contributed by atoms with Crippen molar-refractivity contribution in [1.82, 2.24) is 4.73 Å². The summed E-state index contributed by atoms with van der Waals surface area (Å²) >= 11 is 0. The fourth-order valence-corrected chi connectivity index (χ4v) is 0.805. The zero-order valence-corrected chi connectivity index (χ0v) is 8.04. The molecule has 0 aliphatic heterocycles. The third kappa shape index (κ3) is 3.06. The molecule has 0 bridgehead atoms. The van der Waals surface area contributed by atoms with Gasteiger partial charge in [0.25, 0.3) is 0 Å². The summed E-state index contributed by atoms with van der Waals surface area (Å²) in [6.07, 6.45) is -1.05. The number of carbonyl (C=O) groups excluding carboxylic acids is 1. The van der Waals surface area contributed by atoms with E-state index < -0.39 is 17.9 Å². The second-order valence-corrected chi connectivity index (χ2v) is 2.53. The topological polar surface area (TPSA) is 90.2 Å². The minimum Gasteiger partial charge on any atom is -0.492 e. The smallest absolute Gasteiger partial charge is 0.492 e. The highest BCUT2D eigenvalue weighted by molar-refractivity contribution is 5.60. The molecule has 7 heteroatoms. The first-order valence-corrected chi connectivity index (χ1v) is 4.09. The highest BCUT2D eigenvalue weighted by Gasteiger charge is 2.12. The zero-order chi connectivity index (χ0) is 11.3. The maximum Gasteiger partial charge on any atom is 0.534 e. The molecule has 15 heavy (non-hydrogen) atoms. The van der Waals surface area contributed by atoms with Gasteiger partial charge in [-0.25, -0.2) is 4.79 Å². The van der Waals surface area contributed by atoms with Crippen LogP contribution in [0, 0.1) is 0 Å². The van der Waals surface area contributed by atoms with Gasteiger partial charge in [0.2, 0.25) is 11.8 Å². The molecule has 7 nitrogen and oxygen atoms in total. The first kappa shape index (κ1) is 11.2. The van der Waals surface area contributed by atoms with Crippen molar-refractivity contribution in [3.05, 3.63) is 12.1 Å². The zero-order valence-electron chi connectivity index (χ0n) is 8.04. The van der Waals surface area contributed by atoms with Gasteiger partial charge in [-0.1, -0.05) is 0 Å². The van der Waals surface area contributed by atoms with Gasteiger partial charge in [0.15, 0.2) is 0 Å². The lowest BCUT2D eigenvalue weighted by Gasteiger charge is -2.06. The van der Waals surface area contributed by atoms with Crippen molar-refractivity contribution in [1.29, 1.82) is 0 Å². The van der Waals surface area contributed by atoms with Crippen molar-refractivity contribution in [3.8, 4) is 11.8 Å². The van der Waals surface area contributed by atoms with Gasteiger partial charge in [0, 0.05) is 19.2 Å². The number of nitrogens with zero attached hydrogens (tertiary/aromatic N) is 1. The van der Waals surface area contributed by atoms with E-state index in [-0.39, 0.29) is 13.2 Å². The van der Waals surface area contributed by atoms with Crippen molar-refractivity contribution >= 4 is 6.16 Å². The summed E-state index contributed by atoms with van der Waals surface area (Å²) in [5.74, 6) is -0.813. The summed E-state index contributed by atoms with van der Waals surface area (Å²) in [6, 6.07) is 2.33. The average Bonchev–Trinajstić information content (AvgIpc) is 2.50. The minimum absolute atomic E-state index is 0.0259. The van der Waals surface area contributed by atoms with E-state index in [1.807, 2.05) is 0 Å². The SMILES string of the molecule is COCCOC(=O)On1c(O)ccc1O. The van der Waals surface area contributed by atoms with Gasteiger partial charge in [-0.15, -0.1) is 4.73 Å². The molecule has 1 aromatic rings. The van der Waals surface area contributed by atoms with Gasteiger partial charge in [-0.2, -0.15) is 0 Å². The molecule has 0 saturated carbocycles. The quantitative estimate of drug-likeness (QED) is 0.549. The predicted molar refractivity (Wildman–Crippen MR) is 47.6 cm³/mol. The molecule has 0 saturated heterocycles. The molecule has 0 aliphatic rings. The average molecular weight is 217 g/mol. The lowest BCUT2D eigenvalue weighted by Crippen LogP contribution is -2.21. The highest BCUT2D eigenvalue weighted by atomic mass is 16.8. The van der Waals surface area contributed by atoms with Crippen molar-refractivity contribution < 1.29 is 29.3 Å². The third-order valence-electron chi connectivity index (χ3n) is 1.47. The van der Waals surface area contributed by atoms with Crippen LogP contribution in [0.4, 0.5) is 4.79 Å². The van der Waals surface area contributed by atoms with Crippen LogP contribution in [0.25, 0.3) is 0 Å². The number of methoxy groups -OCH3 is 1. The van der Waals surface area contributed by atoms with Crippen LogP contribution in [0.5, 0.6) is 11.8 Å². The largest absolute Gasteiger partial charge is 0.534 e. The second kappa shape index (κ2) is 5.11. The standard InChI is InChI=1S/C8H11NO6/c1-13-4-5-14-8(12)15-9-6(10)2-3-7(9)11/h2-3,10-11H,4-5H2,1H3. The van der Waals surface area contributed by atoms with Crippen LogP contribution in [0.2, 0.25) is 0 Å². The Morgan fingerprint density at radius 3 is 2.47 bits per heavy atom. The number of ether oxygens (including phenoxy) is 2. The monoisotopic (exact) mass is 217 g/mol. The second-order valence-electron chi connectivity index (χ2n) is 2.53. The van der Waals surface area contributed by atoms with Crippen LogP contribution < -0.4 is 4.84 Å². The lowest BCUT2D eigenvalue weighted by atomic mass is 10.6. The molecule has 0 spiro atoms. The van der Waals surface area contributed by atoms with Crippen LogP contribution in [0.1, 0.15) is 0 Å². The molecule has 1 heterocycles. The van der Waals surface area contributed by atoms with E-state index in [1.165, 1.54) is 7.11 Å². The van der Waals surface area contributed by atoms with Crippen molar-refractivity contribution in [2.24, 2.45) is 0 Å². The summed E-state index contributed by atoms with van der Waals surface area (Å²) in [4.78, 5) is 15.4. The van der Waals surface area contributed by atoms with E-state index in [9.17, 15) is 4.79 Å². The molecule has 84 valence electrons.